The van der Waals surface area contributed by atoms with Gasteiger partial charge < -0.3 is 14.6 Å². The molecule has 2 aromatic carbocycles. The number of carbonyl (C=O) groups is 1. The van der Waals surface area contributed by atoms with E-state index in [4.69, 9.17) is 16.3 Å². The quantitative estimate of drug-likeness (QED) is 0.537. The van der Waals surface area contributed by atoms with Gasteiger partial charge in [0.2, 0.25) is 5.91 Å². The molecular weight excluding hydrogens is 396 g/mol. The standard InChI is InChI=1S/C20H21ClN4O2S/c1-3-25-19(14-6-5-7-15(21)12-14)23-24-20(25)28-13-18(26)22-16-8-10-17(11-9-16)27-4-2/h5-12H,3-4,13H2,1-2H3,(H,22,26). The lowest BCUT2D eigenvalue weighted by atomic mass is 10.2. The fourth-order valence-electron chi connectivity index (χ4n) is 2.65. The van der Waals surface area contributed by atoms with E-state index >= 15 is 0 Å². The van der Waals surface area contributed by atoms with Crippen LogP contribution in [0.3, 0.4) is 0 Å². The van der Waals surface area contributed by atoms with Crippen LogP contribution in [-0.4, -0.2) is 33.0 Å². The van der Waals surface area contributed by atoms with E-state index in [1.807, 2.05) is 66.9 Å². The molecule has 6 nitrogen and oxygen atoms in total. The van der Waals surface area contributed by atoms with Crippen molar-refractivity contribution in [3.63, 3.8) is 0 Å². The van der Waals surface area contributed by atoms with Gasteiger partial charge in [0, 0.05) is 22.8 Å². The molecule has 0 spiro atoms. The van der Waals surface area contributed by atoms with Crippen molar-refractivity contribution >= 4 is 35.0 Å². The number of halogens is 1. The smallest absolute Gasteiger partial charge is 0.234 e. The van der Waals surface area contributed by atoms with Gasteiger partial charge in [-0.15, -0.1) is 10.2 Å². The van der Waals surface area contributed by atoms with Crippen LogP contribution in [0, 0.1) is 0 Å². The molecular formula is C20H21ClN4O2S. The summed E-state index contributed by atoms with van der Waals surface area (Å²) in [5.41, 5.74) is 1.62. The fourth-order valence-corrected chi connectivity index (χ4v) is 3.64. The van der Waals surface area contributed by atoms with E-state index < -0.39 is 0 Å². The zero-order valence-electron chi connectivity index (χ0n) is 15.7. The molecule has 0 atom stereocenters. The van der Waals surface area contributed by atoms with Crippen LogP contribution in [-0.2, 0) is 11.3 Å². The van der Waals surface area contributed by atoms with Gasteiger partial charge in [0.25, 0.3) is 0 Å². The normalized spacial score (nSPS) is 10.7. The molecule has 1 heterocycles. The molecule has 3 rings (SSSR count). The maximum atomic E-state index is 12.3. The highest BCUT2D eigenvalue weighted by atomic mass is 35.5. The summed E-state index contributed by atoms with van der Waals surface area (Å²) < 4.78 is 7.37. The van der Waals surface area contributed by atoms with E-state index in [1.165, 1.54) is 11.8 Å². The van der Waals surface area contributed by atoms with Crippen molar-refractivity contribution in [2.45, 2.75) is 25.5 Å². The van der Waals surface area contributed by atoms with E-state index in [0.717, 1.165) is 22.8 Å². The highest BCUT2D eigenvalue weighted by Gasteiger charge is 2.15. The lowest BCUT2D eigenvalue weighted by molar-refractivity contribution is -0.113. The van der Waals surface area contributed by atoms with Gasteiger partial charge in [0.15, 0.2) is 11.0 Å². The maximum Gasteiger partial charge on any atom is 0.234 e. The lowest BCUT2D eigenvalue weighted by Gasteiger charge is -2.09. The number of anilines is 1. The van der Waals surface area contributed by atoms with Crippen molar-refractivity contribution < 1.29 is 9.53 Å². The second kappa shape index (κ2) is 9.61. The Bertz CT molecular complexity index is 944. The predicted octanol–water partition coefficient (Wildman–Crippen LogP) is 4.75. The van der Waals surface area contributed by atoms with Crippen LogP contribution in [0.5, 0.6) is 5.75 Å². The van der Waals surface area contributed by atoms with E-state index in [-0.39, 0.29) is 11.7 Å². The summed E-state index contributed by atoms with van der Waals surface area (Å²) in [6.07, 6.45) is 0. The number of rotatable bonds is 8. The Morgan fingerprint density at radius 3 is 2.64 bits per heavy atom. The topological polar surface area (TPSA) is 69.0 Å². The average Bonchev–Trinajstić information content (AvgIpc) is 3.11. The monoisotopic (exact) mass is 416 g/mol. The summed E-state index contributed by atoms with van der Waals surface area (Å²) in [7, 11) is 0. The maximum absolute atomic E-state index is 12.3. The van der Waals surface area contributed by atoms with Crippen LogP contribution in [0.4, 0.5) is 5.69 Å². The van der Waals surface area contributed by atoms with Crippen molar-refractivity contribution in [1.29, 1.82) is 0 Å². The molecule has 1 amide bonds. The molecule has 146 valence electrons. The van der Waals surface area contributed by atoms with Crippen molar-refractivity contribution in [3.8, 4) is 17.1 Å². The minimum Gasteiger partial charge on any atom is -0.494 e. The number of ether oxygens (including phenoxy) is 1. The summed E-state index contributed by atoms with van der Waals surface area (Å²) in [4.78, 5) is 12.3. The average molecular weight is 417 g/mol. The van der Waals surface area contributed by atoms with Crippen molar-refractivity contribution in [1.82, 2.24) is 14.8 Å². The summed E-state index contributed by atoms with van der Waals surface area (Å²) in [6, 6.07) is 14.8. The third kappa shape index (κ3) is 5.05. The number of amides is 1. The first kappa shape index (κ1) is 20.2. The number of nitrogens with zero attached hydrogens (tertiary/aromatic N) is 3. The van der Waals surface area contributed by atoms with Crippen LogP contribution in [0.2, 0.25) is 5.02 Å². The molecule has 0 aliphatic rings. The van der Waals surface area contributed by atoms with Gasteiger partial charge >= 0.3 is 0 Å². The molecule has 0 aliphatic heterocycles. The summed E-state index contributed by atoms with van der Waals surface area (Å²) in [6.45, 7) is 5.25. The molecule has 3 aromatic rings. The molecule has 0 unspecified atom stereocenters. The van der Waals surface area contributed by atoms with E-state index in [2.05, 4.69) is 15.5 Å². The minimum absolute atomic E-state index is 0.107. The second-order valence-electron chi connectivity index (χ2n) is 5.86. The van der Waals surface area contributed by atoms with Crippen LogP contribution in [0.25, 0.3) is 11.4 Å². The Kier molecular flexibility index (Phi) is 6.95. The van der Waals surface area contributed by atoms with Crippen molar-refractivity contribution in [3.05, 3.63) is 53.6 Å². The predicted molar refractivity (Wildman–Crippen MR) is 113 cm³/mol. The van der Waals surface area contributed by atoms with E-state index in [9.17, 15) is 4.79 Å². The van der Waals surface area contributed by atoms with E-state index in [1.54, 1.807) is 0 Å². The Morgan fingerprint density at radius 1 is 1.18 bits per heavy atom. The molecule has 0 fully saturated rings. The molecule has 28 heavy (non-hydrogen) atoms. The third-order valence-corrected chi connectivity index (χ3v) is 5.10. The Hall–Kier alpha value is -2.51. The van der Waals surface area contributed by atoms with Crippen LogP contribution < -0.4 is 10.1 Å². The Labute approximate surface area is 173 Å². The molecule has 0 saturated carbocycles. The fraction of sp³-hybridized carbons (Fsp3) is 0.250. The van der Waals surface area contributed by atoms with Crippen LogP contribution in [0.1, 0.15) is 13.8 Å². The number of hydrogen-bond acceptors (Lipinski definition) is 5. The molecule has 1 N–H and O–H groups in total. The van der Waals surface area contributed by atoms with Gasteiger partial charge in [-0.2, -0.15) is 0 Å². The summed E-state index contributed by atoms with van der Waals surface area (Å²) in [5.74, 6) is 1.64. The number of carbonyl (C=O) groups excluding carboxylic acids is 1. The highest BCUT2D eigenvalue weighted by Crippen LogP contribution is 2.26. The van der Waals surface area contributed by atoms with E-state index in [0.29, 0.717) is 23.3 Å². The highest BCUT2D eigenvalue weighted by molar-refractivity contribution is 7.99. The SMILES string of the molecule is CCOc1ccc(NC(=O)CSc2nnc(-c3cccc(Cl)c3)n2CC)cc1. The van der Waals surface area contributed by atoms with Gasteiger partial charge in [-0.1, -0.05) is 35.5 Å². The Morgan fingerprint density at radius 2 is 1.96 bits per heavy atom. The number of nitrogens with one attached hydrogen (secondary N) is 1. The summed E-state index contributed by atoms with van der Waals surface area (Å²) >= 11 is 7.43. The summed E-state index contributed by atoms with van der Waals surface area (Å²) in [5, 5.41) is 12.7. The largest absolute Gasteiger partial charge is 0.494 e. The number of benzene rings is 2. The lowest BCUT2D eigenvalue weighted by Crippen LogP contribution is -2.14. The third-order valence-electron chi connectivity index (χ3n) is 3.90. The van der Waals surface area contributed by atoms with Gasteiger partial charge in [-0.25, -0.2) is 0 Å². The first-order chi connectivity index (χ1) is 13.6. The van der Waals surface area contributed by atoms with Gasteiger partial charge in [-0.3, -0.25) is 4.79 Å². The van der Waals surface area contributed by atoms with Gasteiger partial charge in [0.05, 0.1) is 12.4 Å². The van der Waals surface area contributed by atoms with Crippen molar-refractivity contribution in [2.24, 2.45) is 0 Å². The van der Waals surface area contributed by atoms with Crippen LogP contribution >= 0.6 is 23.4 Å². The minimum atomic E-state index is -0.107. The molecule has 1 aromatic heterocycles. The molecule has 0 bridgehead atoms. The molecule has 0 radical (unpaired) electrons. The van der Waals surface area contributed by atoms with Gasteiger partial charge in [-0.05, 0) is 50.2 Å². The molecule has 0 aliphatic carbocycles. The zero-order valence-corrected chi connectivity index (χ0v) is 17.3. The first-order valence-corrected chi connectivity index (χ1v) is 10.3. The number of thioether (sulfide) groups is 1. The van der Waals surface area contributed by atoms with Crippen molar-refractivity contribution in [2.75, 3.05) is 17.7 Å². The second-order valence-corrected chi connectivity index (χ2v) is 7.23. The molecule has 8 heteroatoms. The molecule has 0 saturated heterocycles. The van der Waals surface area contributed by atoms with Crippen LogP contribution in [0.15, 0.2) is 53.7 Å². The number of aromatic nitrogens is 3. The number of hydrogen-bond donors (Lipinski definition) is 1. The zero-order chi connectivity index (χ0) is 19.9. The van der Waals surface area contributed by atoms with Gasteiger partial charge in [0.1, 0.15) is 5.75 Å². The Balaban J connectivity index is 1.63. The first-order valence-electron chi connectivity index (χ1n) is 8.95.